The lowest BCUT2D eigenvalue weighted by molar-refractivity contribution is -0.113. The minimum Gasteiger partial charge on any atom is -0.325 e. The number of allylic oxidation sites excluding steroid dienone is 1. The third-order valence-electron chi connectivity index (χ3n) is 5.14. The van der Waals surface area contributed by atoms with Gasteiger partial charge in [0.05, 0.1) is 10.6 Å². The Kier molecular flexibility index (Phi) is 7.21. The van der Waals surface area contributed by atoms with Crippen LogP contribution < -0.4 is 5.32 Å². The highest BCUT2D eigenvalue weighted by atomic mass is 32.2. The summed E-state index contributed by atoms with van der Waals surface area (Å²) in [5.74, 6) is 0.572. The normalized spacial score (nSPS) is 14.3. The van der Waals surface area contributed by atoms with Gasteiger partial charge < -0.3 is 5.32 Å². The first-order chi connectivity index (χ1) is 16.0. The number of aromatic nitrogens is 4. The monoisotopic (exact) mass is 484 g/mol. The molecule has 9 nitrogen and oxygen atoms in total. The van der Waals surface area contributed by atoms with Gasteiger partial charge in [-0.15, -0.1) is 16.8 Å². The fourth-order valence-corrected chi connectivity index (χ4v) is 5.78. The molecule has 0 bridgehead atoms. The molecule has 1 aliphatic heterocycles. The highest BCUT2D eigenvalue weighted by molar-refractivity contribution is 7.99. The molecule has 1 fully saturated rings. The summed E-state index contributed by atoms with van der Waals surface area (Å²) in [7, 11) is -3.47. The van der Waals surface area contributed by atoms with Gasteiger partial charge >= 0.3 is 0 Å². The second-order valence-corrected chi connectivity index (χ2v) is 10.3. The summed E-state index contributed by atoms with van der Waals surface area (Å²) < 4.78 is 28.6. The zero-order valence-electron chi connectivity index (χ0n) is 17.9. The van der Waals surface area contributed by atoms with Gasteiger partial charge in [-0.05, 0) is 49.2 Å². The molecule has 1 saturated heterocycles. The fourth-order valence-electron chi connectivity index (χ4n) is 3.52. The summed E-state index contributed by atoms with van der Waals surface area (Å²) in [6.07, 6.45) is 6.88. The molecular weight excluding hydrogens is 460 g/mol. The number of hydrogen-bond donors (Lipinski definition) is 1. The van der Waals surface area contributed by atoms with Crippen LogP contribution >= 0.6 is 11.8 Å². The molecule has 0 aliphatic carbocycles. The van der Waals surface area contributed by atoms with E-state index >= 15 is 0 Å². The quantitative estimate of drug-likeness (QED) is 0.367. The molecule has 0 atom stereocenters. The highest BCUT2D eigenvalue weighted by Gasteiger charge is 2.27. The number of nitrogens with one attached hydrogen (secondary N) is 1. The van der Waals surface area contributed by atoms with Crippen LogP contribution in [-0.2, 0) is 21.4 Å². The van der Waals surface area contributed by atoms with E-state index in [4.69, 9.17) is 0 Å². The van der Waals surface area contributed by atoms with E-state index in [1.165, 1.54) is 28.2 Å². The summed E-state index contributed by atoms with van der Waals surface area (Å²) in [6, 6.07) is 9.95. The van der Waals surface area contributed by atoms with Crippen LogP contribution in [0.1, 0.15) is 12.8 Å². The van der Waals surface area contributed by atoms with Crippen molar-refractivity contribution in [2.24, 2.45) is 0 Å². The topological polar surface area (TPSA) is 110 Å². The molecule has 3 heterocycles. The fraction of sp³-hybridized carbons (Fsp3) is 0.273. The first-order valence-electron chi connectivity index (χ1n) is 10.5. The Bertz CT molecular complexity index is 1220. The van der Waals surface area contributed by atoms with Gasteiger partial charge in [0, 0.05) is 43.3 Å². The number of benzene rings is 1. The van der Waals surface area contributed by atoms with Crippen molar-refractivity contribution in [3.05, 3.63) is 61.4 Å². The van der Waals surface area contributed by atoms with Crippen molar-refractivity contribution in [3.63, 3.8) is 0 Å². The second-order valence-electron chi connectivity index (χ2n) is 7.41. The number of hydrogen-bond acceptors (Lipinski definition) is 7. The minimum absolute atomic E-state index is 0.124. The molecular formula is C22H24N6O3S2. The maximum atomic E-state index is 12.6. The number of sulfonamides is 1. The predicted molar refractivity (Wildman–Crippen MR) is 127 cm³/mol. The number of amides is 1. The number of anilines is 1. The average molecular weight is 485 g/mol. The molecule has 1 amide bonds. The van der Waals surface area contributed by atoms with E-state index < -0.39 is 10.0 Å². The van der Waals surface area contributed by atoms with Crippen LogP contribution in [0, 0.1) is 0 Å². The maximum absolute atomic E-state index is 12.6. The van der Waals surface area contributed by atoms with E-state index in [1.807, 2.05) is 16.7 Å². The van der Waals surface area contributed by atoms with Crippen LogP contribution in [0.3, 0.4) is 0 Å². The van der Waals surface area contributed by atoms with Crippen molar-refractivity contribution >= 4 is 33.4 Å². The van der Waals surface area contributed by atoms with Gasteiger partial charge in [-0.25, -0.2) is 8.42 Å². The minimum atomic E-state index is -3.47. The molecule has 1 aromatic carbocycles. The molecule has 33 heavy (non-hydrogen) atoms. The molecule has 0 saturated carbocycles. The molecule has 172 valence electrons. The van der Waals surface area contributed by atoms with E-state index in [0.717, 1.165) is 18.4 Å². The zero-order chi connectivity index (χ0) is 23.3. The lowest BCUT2D eigenvalue weighted by Gasteiger charge is -2.15. The Morgan fingerprint density at radius 3 is 2.45 bits per heavy atom. The van der Waals surface area contributed by atoms with E-state index in [0.29, 0.717) is 36.3 Å². The van der Waals surface area contributed by atoms with Crippen molar-refractivity contribution in [1.29, 1.82) is 0 Å². The lowest BCUT2D eigenvalue weighted by Crippen LogP contribution is -2.27. The Labute approximate surface area is 197 Å². The highest BCUT2D eigenvalue weighted by Crippen LogP contribution is 2.25. The van der Waals surface area contributed by atoms with E-state index in [2.05, 4.69) is 27.1 Å². The number of nitrogens with zero attached hydrogens (tertiary/aromatic N) is 5. The smallest absolute Gasteiger partial charge is 0.243 e. The molecule has 0 radical (unpaired) electrons. The number of pyridine rings is 1. The largest absolute Gasteiger partial charge is 0.325 e. The number of carbonyl (C=O) groups is 1. The Morgan fingerprint density at radius 2 is 1.79 bits per heavy atom. The summed E-state index contributed by atoms with van der Waals surface area (Å²) in [6.45, 7) is 5.40. The summed E-state index contributed by atoms with van der Waals surface area (Å²) in [5.41, 5.74) is 1.41. The zero-order valence-corrected chi connectivity index (χ0v) is 19.6. The standard InChI is InChI=1S/C22H24N6O3S2/c1-2-13-28-21(17-9-11-23-12-10-17)25-26-22(28)32-16-20(29)24-18-5-7-19(8-6-18)33(30,31)27-14-3-4-15-27/h2,5-12H,1,3-4,13-16H2,(H,24,29). The van der Waals surface area contributed by atoms with Gasteiger partial charge in [0.1, 0.15) is 0 Å². The van der Waals surface area contributed by atoms with Gasteiger partial charge in [0.2, 0.25) is 15.9 Å². The SMILES string of the molecule is C=CCn1c(SCC(=O)Nc2ccc(S(=O)(=O)N3CCCC3)cc2)nnc1-c1ccncc1. The predicted octanol–water partition coefficient (Wildman–Crippen LogP) is 3.04. The molecule has 4 rings (SSSR count). The molecule has 0 spiro atoms. The third-order valence-corrected chi connectivity index (χ3v) is 8.02. The number of thioether (sulfide) groups is 1. The average Bonchev–Trinajstić information content (AvgIpc) is 3.50. The van der Waals surface area contributed by atoms with Crippen molar-refractivity contribution in [1.82, 2.24) is 24.1 Å². The van der Waals surface area contributed by atoms with Gasteiger partial charge in [0.15, 0.2) is 11.0 Å². The summed E-state index contributed by atoms with van der Waals surface area (Å²) in [4.78, 5) is 16.7. The van der Waals surface area contributed by atoms with Crippen LogP contribution in [0.4, 0.5) is 5.69 Å². The number of carbonyl (C=O) groups excluding carboxylic acids is 1. The van der Waals surface area contributed by atoms with Crippen LogP contribution in [0.2, 0.25) is 0 Å². The third kappa shape index (κ3) is 5.32. The van der Waals surface area contributed by atoms with E-state index in [1.54, 1.807) is 30.6 Å². The van der Waals surface area contributed by atoms with Crippen LogP contribution in [0.5, 0.6) is 0 Å². The maximum Gasteiger partial charge on any atom is 0.243 e. The van der Waals surface area contributed by atoms with Crippen molar-refractivity contribution < 1.29 is 13.2 Å². The van der Waals surface area contributed by atoms with Crippen LogP contribution in [-0.4, -0.2) is 57.2 Å². The molecule has 1 aliphatic rings. The Hall–Kier alpha value is -3.02. The van der Waals surface area contributed by atoms with Crippen molar-refractivity contribution in [2.75, 3.05) is 24.2 Å². The Balaban J connectivity index is 1.39. The van der Waals surface area contributed by atoms with Gasteiger partial charge in [-0.3, -0.25) is 14.3 Å². The summed E-state index contributed by atoms with van der Waals surface area (Å²) in [5, 5.41) is 11.9. The molecule has 1 N–H and O–H groups in total. The first kappa shape index (κ1) is 23.1. The molecule has 2 aromatic heterocycles. The first-order valence-corrected chi connectivity index (χ1v) is 12.9. The van der Waals surface area contributed by atoms with Gasteiger partial charge in [-0.1, -0.05) is 17.8 Å². The summed E-state index contributed by atoms with van der Waals surface area (Å²) >= 11 is 1.27. The Morgan fingerprint density at radius 1 is 1.09 bits per heavy atom. The molecule has 11 heteroatoms. The van der Waals surface area contributed by atoms with Gasteiger partial charge in [-0.2, -0.15) is 4.31 Å². The van der Waals surface area contributed by atoms with Gasteiger partial charge in [0.25, 0.3) is 0 Å². The van der Waals surface area contributed by atoms with Crippen molar-refractivity contribution in [3.8, 4) is 11.4 Å². The molecule has 0 unspecified atom stereocenters. The van der Waals surface area contributed by atoms with E-state index in [-0.39, 0.29) is 16.6 Å². The number of rotatable bonds is 9. The van der Waals surface area contributed by atoms with E-state index in [9.17, 15) is 13.2 Å². The molecule has 3 aromatic rings. The van der Waals surface area contributed by atoms with Crippen molar-refractivity contribution in [2.45, 2.75) is 29.4 Å². The lowest BCUT2D eigenvalue weighted by atomic mass is 10.2. The second kappa shape index (κ2) is 10.3. The van der Waals surface area contributed by atoms with Crippen LogP contribution in [0.25, 0.3) is 11.4 Å². The van der Waals surface area contributed by atoms with Crippen LogP contribution in [0.15, 0.2) is 71.5 Å².